The third-order valence-corrected chi connectivity index (χ3v) is 2.78. The molecule has 0 aliphatic rings. The van der Waals surface area contributed by atoms with Crippen LogP contribution >= 0.6 is 11.3 Å². The fourth-order valence-electron chi connectivity index (χ4n) is 1.20. The Morgan fingerprint density at radius 1 is 1.64 bits per heavy atom. The number of nitrogens with one attached hydrogen (secondary N) is 1. The van der Waals surface area contributed by atoms with Gasteiger partial charge >= 0.3 is 0 Å². The van der Waals surface area contributed by atoms with Crippen LogP contribution in [-0.2, 0) is 6.42 Å². The van der Waals surface area contributed by atoms with Crippen molar-refractivity contribution in [1.29, 1.82) is 0 Å². The Kier molecular flexibility index (Phi) is 2.28. The summed E-state index contributed by atoms with van der Waals surface area (Å²) in [4.78, 5) is 11.6. The minimum Gasteiger partial charge on any atom is -0.365 e. The molecular formula is C8H8N4OS. The van der Waals surface area contributed by atoms with E-state index in [1.807, 2.05) is 11.4 Å². The van der Waals surface area contributed by atoms with E-state index in [0.29, 0.717) is 11.3 Å². The summed E-state index contributed by atoms with van der Waals surface area (Å²) in [6, 6.07) is 1.87. The molecule has 72 valence electrons. The number of carbonyl (C=O) groups is 1. The number of H-pyrrole nitrogens is 1. The lowest BCUT2D eigenvalue weighted by molar-refractivity contribution is 0.100. The highest BCUT2D eigenvalue weighted by atomic mass is 32.1. The van der Waals surface area contributed by atoms with E-state index >= 15 is 0 Å². The average Bonchev–Trinajstić information content (AvgIpc) is 2.75. The molecule has 6 heteroatoms. The van der Waals surface area contributed by atoms with Crippen LogP contribution in [0.2, 0.25) is 0 Å². The zero-order chi connectivity index (χ0) is 9.97. The van der Waals surface area contributed by atoms with Crippen LogP contribution < -0.4 is 5.73 Å². The number of nitrogens with two attached hydrogens (primary N) is 1. The summed E-state index contributed by atoms with van der Waals surface area (Å²) in [5, 5.41) is 12.0. The molecule has 14 heavy (non-hydrogen) atoms. The van der Waals surface area contributed by atoms with Gasteiger partial charge < -0.3 is 5.73 Å². The Bertz CT molecular complexity index is 434. The Hall–Kier alpha value is -1.69. The summed E-state index contributed by atoms with van der Waals surface area (Å²) in [7, 11) is 0. The van der Waals surface area contributed by atoms with Gasteiger partial charge in [-0.3, -0.25) is 4.79 Å². The Balaban J connectivity index is 2.25. The number of primary amides is 1. The molecular weight excluding hydrogens is 200 g/mol. The molecule has 2 aromatic heterocycles. The summed E-state index contributed by atoms with van der Waals surface area (Å²) < 4.78 is 0. The van der Waals surface area contributed by atoms with Gasteiger partial charge in [-0.1, -0.05) is 0 Å². The first-order chi connectivity index (χ1) is 6.77. The fourth-order valence-corrected chi connectivity index (χ4v) is 1.97. The quantitative estimate of drug-likeness (QED) is 0.772. The molecule has 0 aliphatic carbocycles. The van der Waals surface area contributed by atoms with Crippen molar-refractivity contribution in [3.63, 3.8) is 0 Å². The van der Waals surface area contributed by atoms with Gasteiger partial charge in [0.25, 0.3) is 5.91 Å². The molecule has 2 rings (SSSR count). The highest BCUT2D eigenvalue weighted by molar-refractivity contribution is 7.12. The minimum atomic E-state index is -0.390. The number of hydrogen-bond donors (Lipinski definition) is 2. The first-order valence-corrected chi connectivity index (χ1v) is 4.86. The lowest BCUT2D eigenvalue weighted by atomic mass is 10.1. The predicted octanol–water partition coefficient (Wildman–Crippen LogP) is 0.556. The maximum atomic E-state index is 11.0. The Morgan fingerprint density at radius 2 is 2.50 bits per heavy atom. The lowest BCUT2D eigenvalue weighted by Gasteiger charge is -1.96. The standard InChI is InChI=1S/C8H8N4OS/c9-8(13)7-5(1-2-14-7)3-6-4-10-12-11-6/h1-2,4H,3H2,(H2,9,13)(H,10,11,12). The number of thiophene rings is 1. The zero-order valence-corrected chi connectivity index (χ0v) is 8.04. The van der Waals surface area contributed by atoms with Crippen LogP contribution in [0.3, 0.4) is 0 Å². The number of nitrogens with zero attached hydrogens (tertiary/aromatic N) is 2. The SMILES string of the molecule is NC(=O)c1sccc1Cc1cn[nH]n1. The van der Waals surface area contributed by atoms with E-state index in [4.69, 9.17) is 5.73 Å². The Morgan fingerprint density at radius 3 is 3.14 bits per heavy atom. The van der Waals surface area contributed by atoms with E-state index in [2.05, 4.69) is 15.4 Å². The molecule has 1 amide bonds. The molecule has 0 aromatic carbocycles. The summed E-state index contributed by atoms with van der Waals surface area (Å²) in [6.07, 6.45) is 2.21. The zero-order valence-electron chi connectivity index (χ0n) is 7.23. The second-order valence-electron chi connectivity index (χ2n) is 2.78. The smallest absolute Gasteiger partial charge is 0.259 e. The van der Waals surface area contributed by atoms with Crippen LogP contribution in [0.5, 0.6) is 0 Å². The van der Waals surface area contributed by atoms with Crippen molar-refractivity contribution < 1.29 is 4.79 Å². The maximum Gasteiger partial charge on any atom is 0.259 e. The monoisotopic (exact) mass is 208 g/mol. The second-order valence-corrected chi connectivity index (χ2v) is 3.69. The van der Waals surface area contributed by atoms with Gasteiger partial charge in [-0.25, -0.2) is 0 Å². The van der Waals surface area contributed by atoms with Crippen molar-refractivity contribution in [1.82, 2.24) is 15.4 Å². The predicted molar refractivity (Wildman–Crippen MR) is 52.0 cm³/mol. The van der Waals surface area contributed by atoms with Gasteiger partial charge in [0.1, 0.15) is 0 Å². The largest absolute Gasteiger partial charge is 0.365 e. The van der Waals surface area contributed by atoms with Gasteiger partial charge in [-0.05, 0) is 17.0 Å². The van der Waals surface area contributed by atoms with Crippen molar-refractivity contribution in [2.75, 3.05) is 0 Å². The van der Waals surface area contributed by atoms with Crippen LogP contribution in [0.4, 0.5) is 0 Å². The molecule has 3 N–H and O–H groups in total. The number of hydrogen-bond acceptors (Lipinski definition) is 4. The van der Waals surface area contributed by atoms with E-state index in [0.717, 1.165) is 11.3 Å². The number of aromatic nitrogens is 3. The van der Waals surface area contributed by atoms with Crippen LogP contribution in [0.1, 0.15) is 20.9 Å². The third kappa shape index (κ3) is 1.64. The van der Waals surface area contributed by atoms with Crippen LogP contribution in [0.15, 0.2) is 17.6 Å². The molecule has 5 nitrogen and oxygen atoms in total. The van der Waals surface area contributed by atoms with Gasteiger partial charge in [-0.15, -0.1) is 11.3 Å². The second kappa shape index (κ2) is 3.59. The van der Waals surface area contributed by atoms with Gasteiger partial charge in [0.15, 0.2) is 0 Å². The molecule has 0 aliphatic heterocycles. The first kappa shape index (κ1) is 8.89. The summed E-state index contributed by atoms with van der Waals surface area (Å²) >= 11 is 1.35. The van der Waals surface area contributed by atoms with Gasteiger partial charge in [0, 0.05) is 6.42 Å². The molecule has 0 saturated carbocycles. The Labute approximate surface area is 83.9 Å². The van der Waals surface area contributed by atoms with Crippen molar-refractivity contribution in [3.8, 4) is 0 Å². The highest BCUT2D eigenvalue weighted by Gasteiger charge is 2.10. The number of rotatable bonds is 3. The normalized spacial score (nSPS) is 10.3. The molecule has 0 fully saturated rings. The molecule has 0 saturated heterocycles. The van der Waals surface area contributed by atoms with E-state index in [-0.39, 0.29) is 0 Å². The van der Waals surface area contributed by atoms with Crippen molar-refractivity contribution in [2.45, 2.75) is 6.42 Å². The maximum absolute atomic E-state index is 11.0. The van der Waals surface area contributed by atoms with Crippen LogP contribution in [-0.4, -0.2) is 21.3 Å². The molecule has 0 unspecified atom stereocenters. The van der Waals surface area contributed by atoms with Gasteiger partial charge in [0.2, 0.25) is 0 Å². The minimum absolute atomic E-state index is 0.390. The molecule has 0 radical (unpaired) electrons. The van der Waals surface area contributed by atoms with E-state index < -0.39 is 5.91 Å². The fraction of sp³-hybridized carbons (Fsp3) is 0.125. The summed E-state index contributed by atoms with van der Waals surface area (Å²) in [5.74, 6) is -0.390. The highest BCUT2D eigenvalue weighted by Crippen LogP contribution is 2.18. The van der Waals surface area contributed by atoms with E-state index in [1.165, 1.54) is 11.3 Å². The third-order valence-electron chi connectivity index (χ3n) is 1.81. The number of amides is 1. The van der Waals surface area contributed by atoms with Crippen molar-refractivity contribution in [2.24, 2.45) is 5.73 Å². The molecule has 2 heterocycles. The van der Waals surface area contributed by atoms with E-state index in [1.54, 1.807) is 6.20 Å². The topological polar surface area (TPSA) is 84.7 Å². The van der Waals surface area contributed by atoms with Gasteiger partial charge in [0.05, 0.1) is 16.8 Å². The molecule has 0 atom stereocenters. The molecule has 0 spiro atoms. The van der Waals surface area contributed by atoms with Crippen molar-refractivity contribution in [3.05, 3.63) is 33.8 Å². The molecule has 2 aromatic rings. The van der Waals surface area contributed by atoms with Crippen LogP contribution in [0, 0.1) is 0 Å². The van der Waals surface area contributed by atoms with Gasteiger partial charge in [-0.2, -0.15) is 15.4 Å². The number of carbonyl (C=O) groups excluding carboxylic acids is 1. The average molecular weight is 208 g/mol. The molecule has 0 bridgehead atoms. The van der Waals surface area contributed by atoms with E-state index in [9.17, 15) is 4.79 Å². The van der Waals surface area contributed by atoms with Crippen molar-refractivity contribution >= 4 is 17.2 Å². The lowest BCUT2D eigenvalue weighted by Crippen LogP contribution is -2.11. The summed E-state index contributed by atoms with van der Waals surface area (Å²) in [6.45, 7) is 0. The van der Waals surface area contributed by atoms with Crippen LogP contribution in [0.25, 0.3) is 0 Å². The summed E-state index contributed by atoms with van der Waals surface area (Å²) in [5.41, 5.74) is 6.91. The number of aromatic amines is 1. The first-order valence-electron chi connectivity index (χ1n) is 3.98.